The highest BCUT2D eigenvalue weighted by molar-refractivity contribution is 7.80. The van der Waals surface area contributed by atoms with Crippen LogP contribution in [-0.4, -0.2) is 57.7 Å². The number of rotatable bonds is 9. The maximum atomic E-state index is 5.89. The van der Waals surface area contributed by atoms with Crippen molar-refractivity contribution in [3.8, 4) is 23.0 Å². The zero-order valence-corrected chi connectivity index (χ0v) is 20.2. The Labute approximate surface area is 195 Å². The molecular weight excluding hydrogens is 428 g/mol. The fourth-order valence-corrected chi connectivity index (χ4v) is 4.02. The first-order chi connectivity index (χ1) is 15.5. The zero-order chi connectivity index (χ0) is 23.1. The largest absolute Gasteiger partial charge is 0.496 e. The van der Waals surface area contributed by atoms with Gasteiger partial charge in [-0.05, 0) is 55.7 Å². The Hall–Kier alpha value is -2.71. The number of ether oxygens (including phenoxy) is 5. The van der Waals surface area contributed by atoms with Crippen molar-refractivity contribution in [3.63, 3.8) is 0 Å². The first-order valence-corrected chi connectivity index (χ1v) is 11.0. The van der Waals surface area contributed by atoms with E-state index in [0.29, 0.717) is 35.5 Å². The van der Waals surface area contributed by atoms with Crippen LogP contribution < -0.4 is 24.3 Å². The van der Waals surface area contributed by atoms with Gasteiger partial charge >= 0.3 is 0 Å². The molecule has 1 unspecified atom stereocenters. The van der Waals surface area contributed by atoms with E-state index in [1.54, 1.807) is 28.4 Å². The van der Waals surface area contributed by atoms with Crippen molar-refractivity contribution in [2.24, 2.45) is 0 Å². The lowest BCUT2D eigenvalue weighted by atomic mass is 10.1. The highest BCUT2D eigenvalue weighted by Crippen LogP contribution is 2.35. The number of aryl methyl sites for hydroxylation is 1. The Balaban J connectivity index is 1.88. The molecule has 0 bridgehead atoms. The monoisotopic (exact) mass is 460 g/mol. The lowest BCUT2D eigenvalue weighted by Gasteiger charge is -2.29. The molecule has 7 nitrogen and oxygen atoms in total. The second-order valence-electron chi connectivity index (χ2n) is 7.67. The van der Waals surface area contributed by atoms with Gasteiger partial charge in [0.15, 0.2) is 16.6 Å². The molecule has 0 amide bonds. The number of methoxy groups -OCH3 is 4. The van der Waals surface area contributed by atoms with E-state index in [4.69, 9.17) is 35.9 Å². The van der Waals surface area contributed by atoms with E-state index in [9.17, 15) is 0 Å². The van der Waals surface area contributed by atoms with Gasteiger partial charge in [-0.25, -0.2) is 0 Å². The van der Waals surface area contributed by atoms with Gasteiger partial charge < -0.3 is 33.9 Å². The molecule has 0 aliphatic carbocycles. The summed E-state index contributed by atoms with van der Waals surface area (Å²) in [6.07, 6.45) is 2.20. The Morgan fingerprint density at radius 1 is 1.00 bits per heavy atom. The Kier molecular flexibility index (Phi) is 8.41. The molecule has 1 aliphatic rings. The number of nitrogens with one attached hydrogen (secondary N) is 1. The summed E-state index contributed by atoms with van der Waals surface area (Å²) in [6, 6.07) is 9.73. The van der Waals surface area contributed by atoms with Crippen molar-refractivity contribution in [2.45, 2.75) is 32.4 Å². The van der Waals surface area contributed by atoms with Crippen molar-refractivity contribution >= 4 is 23.0 Å². The maximum Gasteiger partial charge on any atom is 0.173 e. The van der Waals surface area contributed by atoms with Crippen molar-refractivity contribution < 1.29 is 23.7 Å². The fourth-order valence-electron chi connectivity index (χ4n) is 3.77. The van der Waals surface area contributed by atoms with Crippen molar-refractivity contribution in [2.75, 3.05) is 46.9 Å². The SMILES string of the molecule is COc1cc(OC)c(OC)cc1CN(CC1CCCO1)C(=S)Nc1ccc(C)cc1OC. The number of benzene rings is 2. The standard InChI is InChI=1S/C24H32N2O5S/c1-16-8-9-19(21(11-16)28-3)25-24(32)26(15-18-7-6-10-31-18)14-17-12-22(29-4)23(30-5)13-20(17)27-2/h8-9,11-13,18H,6-7,10,14-15H2,1-5H3,(H,25,32). The summed E-state index contributed by atoms with van der Waals surface area (Å²) in [6.45, 7) is 3.99. The van der Waals surface area contributed by atoms with E-state index < -0.39 is 0 Å². The number of hydrogen-bond acceptors (Lipinski definition) is 6. The number of nitrogens with zero attached hydrogens (tertiary/aromatic N) is 1. The molecule has 0 spiro atoms. The molecule has 2 aromatic rings. The minimum Gasteiger partial charge on any atom is -0.496 e. The van der Waals surface area contributed by atoms with Crippen LogP contribution in [0.25, 0.3) is 0 Å². The summed E-state index contributed by atoms with van der Waals surface area (Å²) in [5, 5.41) is 3.93. The van der Waals surface area contributed by atoms with Crippen molar-refractivity contribution in [1.82, 2.24) is 4.90 Å². The maximum absolute atomic E-state index is 5.89. The molecule has 0 aromatic heterocycles. The van der Waals surface area contributed by atoms with Gasteiger partial charge in [-0.1, -0.05) is 6.07 Å². The van der Waals surface area contributed by atoms with Gasteiger partial charge in [0.25, 0.3) is 0 Å². The summed E-state index contributed by atoms with van der Waals surface area (Å²) in [4.78, 5) is 2.09. The van der Waals surface area contributed by atoms with E-state index in [2.05, 4.69) is 10.2 Å². The van der Waals surface area contributed by atoms with Gasteiger partial charge in [0.2, 0.25) is 0 Å². The smallest absolute Gasteiger partial charge is 0.173 e. The average molecular weight is 461 g/mol. The minimum atomic E-state index is 0.126. The Morgan fingerprint density at radius 2 is 1.69 bits per heavy atom. The lowest BCUT2D eigenvalue weighted by molar-refractivity contribution is 0.0903. The van der Waals surface area contributed by atoms with E-state index >= 15 is 0 Å². The molecule has 1 saturated heterocycles. The van der Waals surface area contributed by atoms with Crippen LogP contribution in [0.2, 0.25) is 0 Å². The first-order valence-electron chi connectivity index (χ1n) is 10.6. The van der Waals surface area contributed by atoms with Crippen molar-refractivity contribution in [1.29, 1.82) is 0 Å². The zero-order valence-electron chi connectivity index (χ0n) is 19.4. The van der Waals surface area contributed by atoms with Crippen LogP contribution in [0.15, 0.2) is 30.3 Å². The first kappa shape index (κ1) is 23.9. The number of hydrogen-bond donors (Lipinski definition) is 1. The van der Waals surface area contributed by atoms with Crippen LogP contribution in [0, 0.1) is 6.92 Å². The molecular formula is C24H32N2O5S. The molecule has 32 heavy (non-hydrogen) atoms. The van der Waals surface area contributed by atoms with E-state index in [1.807, 2.05) is 37.3 Å². The number of anilines is 1. The topological polar surface area (TPSA) is 61.4 Å². The van der Waals surface area contributed by atoms with Gasteiger partial charge in [0.05, 0.1) is 40.2 Å². The van der Waals surface area contributed by atoms with Crippen LogP contribution in [0.3, 0.4) is 0 Å². The van der Waals surface area contributed by atoms with E-state index in [0.717, 1.165) is 42.0 Å². The van der Waals surface area contributed by atoms with Crippen LogP contribution in [-0.2, 0) is 11.3 Å². The molecule has 0 saturated carbocycles. The van der Waals surface area contributed by atoms with Gasteiger partial charge in [-0.2, -0.15) is 0 Å². The molecule has 2 aromatic carbocycles. The summed E-state index contributed by atoms with van der Waals surface area (Å²) in [7, 11) is 6.52. The second-order valence-corrected chi connectivity index (χ2v) is 8.06. The Morgan fingerprint density at radius 3 is 2.31 bits per heavy atom. The normalized spacial score (nSPS) is 15.2. The van der Waals surface area contributed by atoms with E-state index in [1.165, 1.54) is 0 Å². The summed E-state index contributed by atoms with van der Waals surface area (Å²) in [5.74, 6) is 2.70. The van der Waals surface area contributed by atoms with E-state index in [-0.39, 0.29) is 6.10 Å². The molecule has 3 rings (SSSR count). The third-order valence-electron chi connectivity index (χ3n) is 5.48. The summed E-state index contributed by atoms with van der Waals surface area (Å²) in [5.41, 5.74) is 2.87. The third-order valence-corrected chi connectivity index (χ3v) is 5.84. The highest BCUT2D eigenvalue weighted by Gasteiger charge is 2.23. The summed E-state index contributed by atoms with van der Waals surface area (Å²) < 4.78 is 28.0. The average Bonchev–Trinajstić information content (AvgIpc) is 3.32. The van der Waals surface area contributed by atoms with Crippen LogP contribution in [0.1, 0.15) is 24.0 Å². The van der Waals surface area contributed by atoms with Gasteiger partial charge in [-0.15, -0.1) is 0 Å². The quantitative estimate of drug-likeness (QED) is 0.553. The molecule has 1 N–H and O–H groups in total. The molecule has 1 aliphatic heterocycles. The van der Waals surface area contributed by atoms with Crippen LogP contribution in [0.5, 0.6) is 23.0 Å². The molecule has 0 radical (unpaired) electrons. The number of thiocarbonyl (C=S) groups is 1. The van der Waals surface area contributed by atoms with Crippen molar-refractivity contribution in [3.05, 3.63) is 41.5 Å². The Bertz CT molecular complexity index is 931. The molecule has 1 heterocycles. The lowest BCUT2D eigenvalue weighted by Crippen LogP contribution is -2.39. The van der Waals surface area contributed by atoms with Gasteiger partial charge in [-0.3, -0.25) is 0 Å². The molecule has 174 valence electrons. The predicted octanol–water partition coefficient (Wildman–Crippen LogP) is 4.41. The minimum absolute atomic E-state index is 0.126. The summed E-state index contributed by atoms with van der Waals surface area (Å²) >= 11 is 5.83. The molecule has 8 heteroatoms. The van der Waals surface area contributed by atoms with Gasteiger partial charge in [0, 0.05) is 31.3 Å². The third kappa shape index (κ3) is 5.75. The van der Waals surface area contributed by atoms with Crippen LogP contribution >= 0.6 is 12.2 Å². The second kappa shape index (κ2) is 11.2. The predicted molar refractivity (Wildman–Crippen MR) is 129 cm³/mol. The molecule has 1 fully saturated rings. The van der Waals surface area contributed by atoms with Crippen LogP contribution in [0.4, 0.5) is 5.69 Å². The molecule has 1 atom stereocenters. The van der Waals surface area contributed by atoms with Gasteiger partial charge in [0.1, 0.15) is 11.5 Å². The highest BCUT2D eigenvalue weighted by atomic mass is 32.1. The fraction of sp³-hybridized carbons (Fsp3) is 0.458.